The topological polar surface area (TPSA) is 61.2 Å². The minimum atomic E-state index is -0.546. The van der Waals surface area contributed by atoms with Gasteiger partial charge in [0, 0.05) is 4.88 Å². The molecule has 0 N–H and O–H groups in total. The van der Waals surface area contributed by atoms with E-state index in [1.807, 2.05) is 30.3 Å². The molecule has 0 aliphatic rings. The zero-order valence-corrected chi connectivity index (χ0v) is 15.7. The predicted molar refractivity (Wildman–Crippen MR) is 107 cm³/mol. The fourth-order valence-electron chi connectivity index (χ4n) is 2.96. The number of benzene rings is 2. The highest BCUT2D eigenvalue weighted by atomic mass is 32.1. The van der Waals surface area contributed by atoms with Crippen molar-refractivity contribution in [1.82, 2.24) is 9.55 Å². The molecule has 0 radical (unpaired) electrons. The summed E-state index contributed by atoms with van der Waals surface area (Å²) >= 11 is 1.42. The summed E-state index contributed by atoms with van der Waals surface area (Å²) in [5, 5.41) is 0.449. The molecule has 4 aromatic rings. The van der Waals surface area contributed by atoms with Gasteiger partial charge in [-0.2, -0.15) is 0 Å². The highest BCUT2D eigenvalue weighted by Crippen LogP contribution is 2.30. The smallest absolute Gasteiger partial charge is 0.262 e. The van der Waals surface area contributed by atoms with Crippen molar-refractivity contribution in [2.75, 3.05) is 7.11 Å². The second-order valence-corrected chi connectivity index (χ2v) is 7.17. The zero-order valence-electron chi connectivity index (χ0n) is 14.9. The van der Waals surface area contributed by atoms with E-state index in [4.69, 9.17) is 4.74 Å². The quantitative estimate of drug-likeness (QED) is 0.477. The Balaban J connectivity index is 1.70. The van der Waals surface area contributed by atoms with Crippen LogP contribution in [-0.2, 0) is 6.54 Å². The van der Waals surface area contributed by atoms with Crippen LogP contribution >= 0.6 is 11.3 Å². The Kier molecular flexibility index (Phi) is 4.75. The molecule has 0 amide bonds. The molecular weight excluding hydrogens is 379 g/mol. The number of ether oxygens (including phenoxy) is 1. The second kappa shape index (κ2) is 7.36. The highest BCUT2D eigenvalue weighted by Gasteiger charge is 2.17. The van der Waals surface area contributed by atoms with Crippen LogP contribution in [0.1, 0.15) is 10.4 Å². The first-order chi connectivity index (χ1) is 13.6. The van der Waals surface area contributed by atoms with Gasteiger partial charge in [0.2, 0.25) is 0 Å². The van der Waals surface area contributed by atoms with Crippen LogP contribution in [0.15, 0.2) is 65.7 Å². The van der Waals surface area contributed by atoms with E-state index in [1.54, 1.807) is 6.07 Å². The van der Waals surface area contributed by atoms with E-state index in [-0.39, 0.29) is 23.4 Å². The van der Waals surface area contributed by atoms with Crippen LogP contribution in [0.4, 0.5) is 4.39 Å². The Morgan fingerprint density at radius 1 is 1.18 bits per heavy atom. The minimum absolute atomic E-state index is 0.0878. The van der Waals surface area contributed by atoms with Gasteiger partial charge in [0.05, 0.1) is 30.9 Å². The molecular formula is C21H15FN2O3S. The van der Waals surface area contributed by atoms with Crippen molar-refractivity contribution < 1.29 is 13.9 Å². The number of carbonyl (C=O) groups is 1. The Bertz CT molecular complexity index is 1230. The molecule has 0 saturated carbocycles. The minimum Gasteiger partial charge on any atom is -0.496 e. The Morgan fingerprint density at radius 3 is 2.71 bits per heavy atom. The molecule has 0 spiro atoms. The van der Waals surface area contributed by atoms with Crippen LogP contribution in [0.5, 0.6) is 5.75 Å². The van der Waals surface area contributed by atoms with Gasteiger partial charge in [-0.25, -0.2) is 9.37 Å². The summed E-state index contributed by atoms with van der Waals surface area (Å²) in [4.78, 5) is 31.3. The molecule has 2 heterocycles. The molecule has 140 valence electrons. The zero-order chi connectivity index (χ0) is 19.7. The van der Waals surface area contributed by atoms with E-state index in [1.165, 1.54) is 41.5 Å². The molecule has 0 bridgehead atoms. The van der Waals surface area contributed by atoms with Crippen molar-refractivity contribution in [3.05, 3.63) is 82.7 Å². The summed E-state index contributed by atoms with van der Waals surface area (Å²) in [6.45, 7) is -0.252. The average Bonchev–Trinajstić information content (AvgIpc) is 3.16. The number of aromatic nitrogens is 2. The van der Waals surface area contributed by atoms with Gasteiger partial charge in [0.15, 0.2) is 5.78 Å². The molecule has 4 rings (SSSR count). The lowest BCUT2D eigenvalue weighted by molar-refractivity contribution is 0.0967. The van der Waals surface area contributed by atoms with Gasteiger partial charge in [-0.05, 0) is 29.8 Å². The van der Waals surface area contributed by atoms with Crippen LogP contribution in [0.2, 0.25) is 0 Å². The van der Waals surface area contributed by atoms with Crippen molar-refractivity contribution in [3.8, 4) is 16.2 Å². The maximum atomic E-state index is 13.5. The molecule has 2 aromatic heterocycles. The lowest BCUT2D eigenvalue weighted by atomic mass is 10.1. The molecule has 0 aliphatic heterocycles. The number of methoxy groups -OCH3 is 1. The van der Waals surface area contributed by atoms with E-state index in [0.29, 0.717) is 10.2 Å². The van der Waals surface area contributed by atoms with Gasteiger partial charge in [-0.15, -0.1) is 11.3 Å². The molecule has 2 aromatic carbocycles. The molecule has 0 aliphatic carbocycles. The highest BCUT2D eigenvalue weighted by molar-refractivity contribution is 7.21. The van der Waals surface area contributed by atoms with Crippen molar-refractivity contribution in [2.45, 2.75) is 6.54 Å². The number of ketones is 1. The summed E-state index contributed by atoms with van der Waals surface area (Å²) in [6, 6.07) is 15.2. The molecule has 7 heteroatoms. The number of carbonyl (C=O) groups excluding carboxylic acids is 1. The molecule has 28 heavy (non-hydrogen) atoms. The number of rotatable bonds is 5. The molecule has 0 atom stereocenters. The fourth-order valence-corrected chi connectivity index (χ4v) is 3.95. The third kappa shape index (κ3) is 3.32. The first-order valence-electron chi connectivity index (χ1n) is 8.48. The van der Waals surface area contributed by atoms with Crippen LogP contribution in [0.25, 0.3) is 20.7 Å². The van der Waals surface area contributed by atoms with Crippen molar-refractivity contribution in [2.24, 2.45) is 0 Å². The second-order valence-electron chi connectivity index (χ2n) is 6.14. The van der Waals surface area contributed by atoms with Crippen LogP contribution in [0, 0.1) is 5.82 Å². The molecule has 5 nitrogen and oxygen atoms in total. The number of hydrogen-bond donors (Lipinski definition) is 0. The standard InChI is InChI=1S/C21H15FN2O3S/c1-27-18-8-7-14(22)9-15(18)17(25)11-24-12-23-20-16(21(24)26)10-19(28-20)13-5-3-2-4-6-13/h2-10,12H,11H2,1H3. The van der Waals surface area contributed by atoms with Gasteiger partial charge in [-0.1, -0.05) is 30.3 Å². The summed E-state index contributed by atoms with van der Waals surface area (Å²) < 4.78 is 19.9. The van der Waals surface area contributed by atoms with Gasteiger partial charge in [0.1, 0.15) is 16.4 Å². The Hall–Kier alpha value is -3.32. The van der Waals surface area contributed by atoms with E-state index in [0.717, 1.165) is 16.5 Å². The largest absolute Gasteiger partial charge is 0.496 e. The van der Waals surface area contributed by atoms with E-state index < -0.39 is 11.6 Å². The van der Waals surface area contributed by atoms with Crippen LogP contribution in [-0.4, -0.2) is 22.4 Å². The molecule has 0 fully saturated rings. The Labute approximate surface area is 163 Å². The van der Waals surface area contributed by atoms with E-state index >= 15 is 0 Å². The number of Topliss-reactive ketones (excluding diaryl/α,β-unsaturated/α-hetero) is 1. The van der Waals surface area contributed by atoms with Crippen molar-refractivity contribution in [3.63, 3.8) is 0 Å². The van der Waals surface area contributed by atoms with E-state index in [9.17, 15) is 14.0 Å². The third-order valence-electron chi connectivity index (χ3n) is 4.35. The number of nitrogens with zero attached hydrogens (tertiary/aromatic N) is 2. The number of thiophene rings is 1. The summed E-state index contributed by atoms with van der Waals surface area (Å²) in [5.41, 5.74) is 0.772. The third-order valence-corrected chi connectivity index (χ3v) is 5.44. The fraction of sp³-hybridized carbons (Fsp3) is 0.0952. The van der Waals surface area contributed by atoms with Crippen LogP contribution in [0.3, 0.4) is 0 Å². The van der Waals surface area contributed by atoms with Crippen molar-refractivity contribution in [1.29, 1.82) is 0 Å². The van der Waals surface area contributed by atoms with Gasteiger partial charge in [0.25, 0.3) is 5.56 Å². The lowest BCUT2D eigenvalue weighted by Gasteiger charge is -2.09. The predicted octanol–water partition coefficient (Wildman–Crippen LogP) is 4.16. The summed E-state index contributed by atoms with van der Waals surface area (Å²) in [6.07, 6.45) is 1.35. The maximum Gasteiger partial charge on any atom is 0.262 e. The van der Waals surface area contributed by atoms with Crippen LogP contribution < -0.4 is 10.3 Å². The first-order valence-corrected chi connectivity index (χ1v) is 9.29. The number of halogens is 1. The summed E-state index contributed by atoms with van der Waals surface area (Å²) in [5.74, 6) is -0.719. The molecule has 0 saturated heterocycles. The Morgan fingerprint density at radius 2 is 1.96 bits per heavy atom. The number of hydrogen-bond acceptors (Lipinski definition) is 5. The normalized spacial score (nSPS) is 10.9. The monoisotopic (exact) mass is 394 g/mol. The lowest BCUT2D eigenvalue weighted by Crippen LogP contribution is -2.24. The number of fused-ring (bicyclic) bond motifs is 1. The average molecular weight is 394 g/mol. The van der Waals surface area contributed by atoms with Crippen molar-refractivity contribution >= 4 is 27.3 Å². The maximum absolute atomic E-state index is 13.5. The SMILES string of the molecule is COc1ccc(F)cc1C(=O)Cn1cnc2sc(-c3ccccc3)cc2c1=O. The summed E-state index contributed by atoms with van der Waals surface area (Å²) in [7, 11) is 1.40. The van der Waals surface area contributed by atoms with E-state index in [2.05, 4.69) is 4.98 Å². The molecule has 0 unspecified atom stereocenters. The van der Waals surface area contributed by atoms with Gasteiger partial charge >= 0.3 is 0 Å². The van der Waals surface area contributed by atoms with Gasteiger partial charge in [-0.3, -0.25) is 14.2 Å². The first kappa shape index (κ1) is 18.1. The van der Waals surface area contributed by atoms with Gasteiger partial charge < -0.3 is 4.74 Å².